The third-order valence-corrected chi connectivity index (χ3v) is 3.81. The molecule has 0 saturated carbocycles. The van der Waals surface area contributed by atoms with Crippen LogP contribution in [0.1, 0.15) is 55.6 Å². The van der Waals surface area contributed by atoms with Gasteiger partial charge in [0.05, 0.1) is 24.9 Å². The van der Waals surface area contributed by atoms with E-state index in [0.717, 1.165) is 12.1 Å². The number of esters is 1. The van der Waals surface area contributed by atoms with Crippen molar-refractivity contribution >= 4 is 11.8 Å². The number of aromatic nitrogens is 2. The number of aliphatic hydroxyl groups excluding tert-OH is 1. The third kappa shape index (κ3) is 4.97. The zero-order valence-electron chi connectivity index (χ0n) is 15.7. The van der Waals surface area contributed by atoms with Gasteiger partial charge in [0, 0.05) is 17.0 Å². The molecule has 2 rings (SSSR count). The van der Waals surface area contributed by atoms with Gasteiger partial charge in [0.15, 0.2) is 0 Å². The summed E-state index contributed by atoms with van der Waals surface area (Å²) in [6.45, 7) is 6.93. The first kappa shape index (κ1) is 20.7. The number of carbonyl (C=O) groups is 1. The van der Waals surface area contributed by atoms with Crippen LogP contribution in [0.25, 0.3) is 0 Å². The van der Waals surface area contributed by atoms with Crippen LogP contribution in [0.5, 0.6) is 0 Å². The maximum absolute atomic E-state index is 14.1. The van der Waals surface area contributed by atoms with Crippen LogP contribution in [0.4, 0.5) is 14.6 Å². The van der Waals surface area contributed by atoms with Crippen LogP contribution in [-0.2, 0) is 10.2 Å². The fraction of sp³-hybridized carbons (Fsp3) is 0.421. The third-order valence-electron chi connectivity index (χ3n) is 3.81. The average molecular weight is 379 g/mol. The van der Waals surface area contributed by atoms with E-state index in [0.29, 0.717) is 5.69 Å². The molecule has 0 radical (unpaired) electrons. The molecule has 1 aromatic carbocycles. The number of nitrogens with zero attached hydrogens (tertiary/aromatic N) is 2. The molecule has 0 saturated heterocycles. The van der Waals surface area contributed by atoms with E-state index >= 15 is 0 Å². The Morgan fingerprint density at radius 3 is 2.41 bits per heavy atom. The van der Waals surface area contributed by atoms with Crippen LogP contribution in [0.3, 0.4) is 0 Å². The fourth-order valence-corrected chi connectivity index (χ4v) is 2.42. The summed E-state index contributed by atoms with van der Waals surface area (Å²) >= 11 is 0. The second kappa shape index (κ2) is 8.39. The highest BCUT2D eigenvalue weighted by Gasteiger charge is 2.24. The molecule has 1 aromatic heterocycles. The van der Waals surface area contributed by atoms with Gasteiger partial charge in [-0.25, -0.2) is 23.5 Å². The summed E-state index contributed by atoms with van der Waals surface area (Å²) in [6.07, 6.45) is 0. The van der Waals surface area contributed by atoms with Crippen molar-refractivity contribution in [3.8, 4) is 0 Å². The van der Waals surface area contributed by atoms with E-state index in [-0.39, 0.29) is 23.8 Å². The molecule has 2 aromatic rings. The number of ether oxygens (including phenoxy) is 1. The van der Waals surface area contributed by atoms with Gasteiger partial charge >= 0.3 is 5.97 Å². The molecular formula is C19H23F2N3O3. The molecule has 27 heavy (non-hydrogen) atoms. The van der Waals surface area contributed by atoms with Gasteiger partial charge in [0.2, 0.25) is 5.82 Å². The second-order valence-corrected chi connectivity index (χ2v) is 6.95. The molecule has 0 aliphatic heterocycles. The molecule has 2 N–H and O–H groups in total. The van der Waals surface area contributed by atoms with Crippen molar-refractivity contribution in [2.75, 3.05) is 18.5 Å². The fourth-order valence-electron chi connectivity index (χ4n) is 2.42. The van der Waals surface area contributed by atoms with Crippen LogP contribution >= 0.6 is 0 Å². The number of aliphatic hydroxyl groups is 1. The molecule has 0 aliphatic rings. The summed E-state index contributed by atoms with van der Waals surface area (Å²) in [5, 5.41) is 12.4. The van der Waals surface area contributed by atoms with Gasteiger partial charge in [-0.1, -0.05) is 26.8 Å². The number of hydrogen-bond donors (Lipinski definition) is 2. The van der Waals surface area contributed by atoms with Gasteiger partial charge in [0.25, 0.3) is 0 Å². The molecule has 1 unspecified atom stereocenters. The number of benzene rings is 1. The van der Waals surface area contributed by atoms with E-state index in [1.165, 1.54) is 6.07 Å². The van der Waals surface area contributed by atoms with Gasteiger partial charge in [-0.2, -0.15) is 0 Å². The lowest BCUT2D eigenvalue weighted by Gasteiger charge is -2.22. The lowest BCUT2D eigenvalue weighted by Crippen LogP contribution is -2.23. The van der Waals surface area contributed by atoms with E-state index in [9.17, 15) is 18.7 Å². The number of hydrogen-bond acceptors (Lipinski definition) is 6. The summed E-state index contributed by atoms with van der Waals surface area (Å²) in [6, 6.07) is 3.93. The monoisotopic (exact) mass is 379 g/mol. The van der Waals surface area contributed by atoms with E-state index in [4.69, 9.17) is 4.74 Å². The smallest absolute Gasteiger partial charge is 0.376 e. The van der Waals surface area contributed by atoms with Crippen LogP contribution in [0, 0.1) is 11.6 Å². The SMILES string of the molecule is CCOC(=O)c1nc(NC(CO)c2c(F)cccc2F)cc(C(C)(C)C)n1. The molecule has 6 nitrogen and oxygen atoms in total. The van der Waals surface area contributed by atoms with Crippen molar-refractivity contribution in [2.24, 2.45) is 0 Å². The first-order chi connectivity index (χ1) is 12.7. The Morgan fingerprint density at radius 1 is 1.26 bits per heavy atom. The van der Waals surface area contributed by atoms with Crippen molar-refractivity contribution in [2.45, 2.75) is 39.2 Å². The highest BCUT2D eigenvalue weighted by Crippen LogP contribution is 2.27. The summed E-state index contributed by atoms with van der Waals surface area (Å²) in [5.74, 6) is -2.31. The Balaban J connectivity index is 2.46. The van der Waals surface area contributed by atoms with Crippen LogP contribution < -0.4 is 5.32 Å². The van der Waals surface area contributed by atoms with Gasteiger partial charge in [-0.05, 0) is 19.1 Å². The quantitative estimate of drug-likeness (QED) is 0.749. The maximum atomic E-state index is 14.1. The highest BCUT2D eigenvalue weighted by molar-refractivity contribution is 5.85. The molecule has 0 aliphatic carbocycles. The lowest BCUT2D eigenvalue weighted by molar-refractivity contribution is 0.0511. The lowest BCUT2D eigenvalue weighted by atomic mass is 9.92. The minimum Gasteiger partial charge on any atom is -0.460 e. The molecule has 0 bridgehead atoms. The Morgan fingerprint density at radius 2 is 1.89 bits per heavy atom. The normalized spacial score (nSPS) is 12.6. The molecule has 0 amide bonds. The standard InChI is InChI=1S/C19H23F2N3O3/c1-5-27-18(26)17-23-14(19(2,3)4)9-15(24-17)22-13(10-25)16-11(20)7-6-8-12(16)21/h6-9,13,25H,5,10H2,1-4H3,(H,22,23,24). The Kier molecular flexibility index (Phi) is 6.43. The minimum atomic E-state index is -1.09. The average Bonchev–Trinajstić information content (AvgIpc) is 2.59. The molecule has 146 valence electrons. The number of carbonyl (C=O) groups excluding carboxylic acids is 1. The topological polar surface area (TPSA) is 84.3 Å². The van der Waals surface area contributed by atoms with Crippen molar-refractivity contribution in [3.63, 3.8) is 0 Å². The van der Waals surface area contributed by atoms with Crippen molar-refractivity contribution in [3.05, 3.63) is 53.0 Å². The zero-order valence-corrected chi connectivity index (χ0v) is 15.7. The number of nitrogens with one attached hydrogen (secondary N) is 1. The summed E-state index contributed by atoms with van der Waals surface area (Å²) < 4.78 is 33.1. The number of anilines is 1. The number of halogens is 2. The highest BCUT2D eigenvalue weighted by atomic mass is 19.1. The molecule has 1 heterocycles. The van der Waals surface area contributed by atoms with Crippen LogP contribution in [0.2, 0.25) is 0 Å². The summed E-state index contributed by atoms with van der Waals surface area (Å²) in [5.41, 5.74) is -0.194. The molecule has 8 heteroatoms. The van der Waals surface area contributed by atoms with Gasteiger partial charge in [-0.3, -0.25) is 0 Å². The first-order valence-electron chi connectivity index (χ1n) is 8.55. The summed E-state index contributed by atoms with van der Waals surface area (Å²) in [7, 11) is 0. The Hall–Kier alpha value is -2.61. The molecule has 0 fully saturated rings. The van der Waals surface area contributed by atoms with E-state index < -0.39 is 35.7 Å². The number of rotatable bonds is 6. The second-order valence-electron chi connectivity index (χ2n) is 6.95. The van der Waals surface area contributed by atoms with Crippen LogP contribution in [-0.4, -0.2) is 34.3 Å². The Bertz CT molecular complexity index is 802. The molecule has 1 atom stereocenters. The van der Waals surface area contributed by atoms with E-state index in [2.05, 4.69) is 15.3 Å². The van der Waals surface area contributed by atoms with E-state index in [1.54, 1.807) is 13.0 Å². The first-order valence-corrected chi connectivity index (χ1v) is 8.55. The maximum Gasteiger partial charge on any atom is 0.376 e. The van der Waals surface area contributed by atoms with Crippen molar-refractivity contribution in [1.29, 1.82) is 0 Å². The molecular weight excluding hydrogens is 356 g/mol. The van der Waals surface area contributed by atoms with Crippen molar-refractivity contribution < 1.29 is 23.4 Å². The minimum absolute atomic E-state index is 0.152. The van der Waals surface area contributed by atoms with Crippen molar-refractivity contribution in [1.82, 2.24) is 9.97 Å². The Labute approximate surface area is 156 Å². The predicted molar refractivity (Wildman–Crippen MR) is 96.5 cm³/mol. The zero-order chi connectivity index (χ0) is 20.2. The largest absolute Gasteiger partial charge is 0.460 e. The predicted octanol–water partition coefficient (Wildman–Crippen LogP) is 3.37. The molecule has 0 spiro atoms. The van der Waals surface area contributed by atoms with Gasteiger partial charge < -0.3 is 15.2 Å². The van der Waals surface area contributed by atoms with E-state index in [1.807, 2.05) is 20.8 Å². The van der Waals surface area contributed by atoms with Gasteiger partial charge in [-0.15, -0.1) is 0 Å². The van der Waals surface area contributed by atoms with Crippen LogP contribution in [0.15, 0.2) is 24.3 Å². The van der Waals surface area contributed by atoms with Gasteiger partial charge in [0.1, 0.15) is 17.5 Å². The summed E-state index contributed by atoms with van der Waals surface area (Å²) in [4.78, 5) is 20.4.